The van der Waals surface area contributed by atoms with Crippen molar-refractivity contribution >= 4 is 29.1 Å². The van der Waals surface area contributed by atoms with E-state index in [2.05, 4.69) is 0 Å². The Hall–Kier alpha value is -1.91. The minimum absolute atomic E-state index is 0.0202. The van der Waals surface area contributed by atoms with Crippen LogP contribution in [0, 0.1) is 0 Å². The van der Waals surface area contributed by atoms with Crippen molar-refractivity contribution in [2.75, 3.05) is 20.2 Å². The van der Waals surface area contributed by atoms with Crippen molar-refractivity contribution in [2.45, 2.75) is 13.0 Å². The second-order valence-electron chi connectivity index (χ2n) is 5.54. The number of halogens is 2. The first-order valence-corrected chi connectivity index (χ1v) is 8.38. The van der Waals surface area contributed by atoms with E-state index in [-0.39, 0.29) is 12.5 Å². The molecule has 126 valence electrons. The van der Waals surface area contributed by atoms with E-state index in [4.69, 9.17) is 32.7 Å². The Morgan fingerprint density at radius 2 is 1.92 bits per heavy atom. The van der Waals surface area contributed by atoms with E-state index in [1.54, 1.807) is 37.4 Å². The molecule has 0 N–H and O–H groups in total. The van der Waals surface area contributed by atoms with Crippen LogP contribution in [0.1, 0.15) is 22.3 Å². The maximum absolute atomic E-state index is 12.3. The maximum atomic E-state index is 12.3. The van der Waals surface area contributed by atoms with Crippen LogP contribution < -0.4 is 9.47 Å². The molecule has 1 heterocycles. The summed E-state index contributed by atoms with van der Waals surface area (Å²) < 4.78 is 11.1. The SMILES string of the molecule is COc1cc(C(=O)N2CCC2)ccc1OCc1ccc(Cl)cc1Cl. The van der Waals surface area contributed by atoms with E-state index in [1.807, 2.05) is 11.0 Å². The molecule has 0 bridgehead atoms. The lowest BCUT2D eigenvalue weighted by atomic mass is 10.1. The van der Waals surface area contributed by atoms with Crippen molar-refractivity contribution in [3.8, 4) is 11.5 Å². The number of hydrogen-bond acceptors (Lipinski definition) is 3. The highest BCUT2D eigenvalue weighted by Crippen LogP contribution is 2.31. The molecule has 0 aliphatic carbocycles. The fourth-order valence-corrected chi connectivity index (χ4v) is 2.88. The van der Waals surface area contributed by atoms with Gasteiger partial charge in [-0.15, -0.1) is 0 Å². The second kappa shape index (κ2) is 7.32. The molecule has 6 heteroatoms. The largest absolute Gasteiger partial charge is 0.493 e. The van der Waals surface area contributed by atoms with Crippen molar-refractivity contribution in [1.29, 1.82) is 0 Å². The highest BCUT2D eigenvalue weighted by molar-refractivity contribution is 6.35. The van der Waals surface area contributed by atoms with Gasteiger partial charge in [0.05, 0.1) is 7.11 Å². The Morgan fingerprint density at radius 3 is 2.54 bits per heavy atom. The van der Waals surface area contributed by atoms with Gasteiger partial charge in [0.1, 0.15) is 6.61 Å². The molecular formula is C18H17Cl2NO3. The van der Waals surface area contributed by atoms with Crippen LogP contribution in [0.5, 0.6) is 11.5 Å². The predicted octanol–water partition coefficient (Wildman–Crippen LogP) is 4.43. The summed E-state index contributed by atoms with van der Waals surface area (Å²) >= 11 is 12.0. The highest BCUT2D eigenvalue weighted by atomic mass is 35.5. The number of likely N-dealkylation sites (tertiary alicyclic amines) is 1. The maximum Gasteiger partial charge on any atom is 0.253 e. The third-order valence-corrected chi connectivity index (χ3v) is 4.54. The lowest BCUT2D eigenvalue weighted by Crippen LogP contribution is -2.41. The summed E-state index contributed by atoms with van der Waals surface area (Å²) in [6.45, 7) is 1.91. The molecule has 2 aromatic carbocycles. The molecule has 1 aliphatic rings. The molecule has 4 nitrogen and oxygen atoms in total. The van der Waals surface area contributed by atoms with Gasteiger partial charge >= 0.3 is 0 Å². The van der Waals surface area contributed by atoms with Crippen molar-refractivity contribution in [3.63, 3.8) is 0 Å². The molecule has 1 aliphatic heterocycles. The number of rotatable bonds is 5. The van der Waals surface area contributed by atoms with Crippen LogP contribution in [0.4, 0.5) is 0 Å². The molecule has 0 saturated carbocycles. The van der Waals surface area contributed by atoms with Crippen LogP contribution >= 0.6 is 23.2 Å². The molecule has 1 amide bonds. The topological polar surface area (TPSA) is 38.8 Å². The first kappa shape index (κ1) is 16.9. The lowest BCUT2D eigenvalue weighted by Gasteiger charge is -2.31. The van der Waals surface area contributed by atoms with Crippen LogP contribution in [0.3, 0.4) is 0 Å². The first-order valence-electron chi connectivity index (χ1n) is 7.62. The van der Waals surface area contributed by atoms with E-state index in [0.29, 0.717) is 27.1 Å². The molecule has 0 atom stereocenters. The Bertz CT molecular complexity index is 760. The lowest BCUT2D eigenvalue weighted by molar-refractivity contribution is 0.0651. The van der Waals surface area contributed by atoms with Crippen LogP contribution in [-0.2, 0) is 6.61 Å². The van der Waals surface area contributed by atoms with Gasteiger partial charge in [-0.05, 0) is 36.8 Å². The quantitative estimate of drug-likeness (QED) is 0.786. The Kier molecular flexibility index (Phi) is 5.17. The summed E-state index contributed by atoms with van der Waals surface area (Å²) in [5.41, 5.74) is 1.42. The predicted molar refractivity (Wildman–Crippen MR) is 94.3 cm³/mol. The van der Waals surface area contributed by atoms with Gasteiger partial charge in [-0.1, -0.05) is 29.3 Å². The fourth-order valence-electron chi connectivity index (χ4n) is 2.42. The van der Waals surface area contributed by atoms with Crippen molar-refractivity contribution in [3.05, 3.63) is 57.6 Å². The molecule has 0 radical (unpaired) electrons. The van der Waals surface area contributed by atoms with E-state index >= 15 is 0 Å². The van der Waals surface area contributed by atoms with Gasteiger partial charge in [0.15, 0.2) is 11.5 Å². The number of nitrogens with zero attached hydrogens (tertiary/aromatic N) is 1. The van der Waals surface area contributed by atoms with Crippen LogP contribution in [0.2, 0.25) is 10.0 Å². The zero-order chi connectivity index (χ0) is 17.1. The molecular weight excluding hydrogens is 349 g/mol. The summed E-state index contributed by atoms with van der Waals surface area (Å²) in [6, 6.07) is 10.5. The smallest absolute Gasteiger partial charge is 0.253 e. The van der Waals surface area contributed by atoms with Crippen molar-refractivity contribution in [2.24, 2.45) is 0 Å². The molecule has 0 spiro atoms. The zero-order valence-electron chi connectivity index (χ0n) is 13.2. The Morgan fingerprint density at radius 1 is 1.12 bits per heavy atom. The molecule has 1 fully saturated rings. The number of carbonyl (C=O) groups is 1. The number of hydrogen-bond donors (Lipinski definition) is 0. The number of amides is 1. The van der Waals surface area contributed by atoms with Gasteiger partial charge in [-0.2, -0.15) is 0 Å². The standard InChI is InChI=1S/C18H17Cl2NO3/c1-23-17-9-12(18(22)21-7-2-8-21)4-6-16(17)24-11-13-3-5-14(19)10-15(13)20/h3-6,9-10H,2,7-8,11H2,1H3. The molecule has 1 saturated heterocycles. The number of carbonyl (C=O) groups excluding carboxylic acids is 1. The van der Waals surface area contributed by atoms with Gasteiger partial charge in [0.2, 0.25) is 0 Å². The summed E-state index contributed by atoms with van der Waals surface area (Å²) in [5.74, 6) is 1.10. The van der Waals surface area contributed by atoms with Crippen molar-refractivity contribution < 1.29 is 14.3 Å². The van der Waals surface area contributed by atoms with E-state index in [9.17, 15) is 4.79 Å². The zero-order valence-corrected chi connectivity index (χ0v) is 14.7. The monoisotopic (exact) mass is 365 g/mol. The van der Waals surface area contributed by atoms with Gasteiger partial charge in [-0.25, -0.2) is 0 Å². The molecule has 0 aromatic heterocycles. The number of ether oxygens (including phenoxy) is 2. The Labute approximate surface area is 150 Å². The normalized spacial score (nSPS) is 13.4. The minimum Gasteiger partial charge on any atom is -0.493 e. The highest BCUT2D eigenvalue weighted by Gasteiger charge is 2.22. The minimum atomic E-state index is 0.0202. The fraction of sp³-hybridized carbons (Fsp3) is 0.278. The van der Waals surface area contributed by atoms with Gasteiger partial charge in [-0.3, -0.25) is 4.79 Å². The van der Waals surface area contributed by atoms with Crippen molar-refractivity contribution in [1.82, 2.24) is 4.90 Å². The Balaban J connectivity index is 1.74. The van der Waals surface area contributed by atoms with Crippen LogP contribution in [0.25, 0.3) is 0 Å². The van der Waals surface area contributed by atoms with Gasteiger partial charge in [0, 0.05) is 34.3 Å². The summed E-state index contributed by atoms with van der Waals surface area (Å²) in [5, 5.41) is 1.13. The summed E-state index contributed by atoms with van der Waals surface area (Å²) in [7, 11) is 1.55. The average molecular weight is 366 g/mol. The van der Waals surface area contributed by atoms with E-state index < -0.39 is 0 Å². The van der Waals surface area contributed by atoms with Gasteiger partial charge < -0.3 is 14.4 Å². The van der Waals surface area contributed by atoms with Crippen LogP contribution in [0.15, 0.2) is 36.4 Å². The van der Waals surface area contributed by atoms with Crippen LogP contribution in [-0.4, -0.2) is 31.0 Å². The van der Waals surface area contributed by atoms with E-state index in [1.165, 1.54) is 0 Å². The third kappa shape index (κ3) is 3.60. The molecule has 0 unspecified atom stereocenters. The average Bonchev–Trinajstić information content (AvgIpc) is 2.52. The van der Waals surface area contributed by atoms with E-state index in [0.717, 1.165) is 25.1 Å². The number of methoxy groups -OCH3 is 1. The first-order chi connectivity index (χ1) is 11.6. The molecule has 3 rings (SSSR count). The third-order valence-electron chi connectivity index (χ3n) is 3.95. The van der Waals surface area contributed by atoms with Gasteiger partial charge in [0.25, 0.3) is 5.91 Å². The summed E-state index contributed by atoms with van der Waals surface area (Å²) in [6.07, 6.45) is 1.06. The molecule has 2 aromatic rings. The second-order valence-corrected chi connectivity index (χ2v) is 6.38. The summed E-state index contributed by atoms with van der Waals surface area (Å²) in [4.78, 5) is 14.1. The molecule has 24 heavy (non-hydrogen) atoms. The number of benzene rings is 2.